The van der Waals surface area contributed by atoms with E-state index < -0.39 is 0 Å². The first-order valence-electron chi connectivity index (χ1n) is 9.19. The summed E-state index contributed by atoms with van der Waals surface area (Å²) in [5.74, 6) is 0.707. The summed E-state index contributed by atoms with van der Waals surface area (Å²) < 4.78 is 11.4. The Labute approximate surface area is 163 Å². The Hall–Kier alpha value is -3.59. The second-order valence-electron chi connectivity index (χ2n) is 6.53. The van der Waals surface area contributed by atoms with Crippen LogP contribution in [-0.4, -0.2) is 6.61 Å². The van der Waals surface area contributed by atoms with E-state index in [1.165, 1.54) is 0 Å². The number of fused-ring (bicyclic) bond motifs is 1. The largest absolute Gasteiger partial charge is 0.489 e. The molecule has 0 amide bonds. The number of benzene rings is 3. The van der Waals surface area contributed by atoms with E-state index in [0.717, 1.165) is 27.6 Å². The Bertz CT molecular complexity index is 1170. The molecular weight excluding hydrogens is 348 g/mol. The minimum Gasteiger partial charge on any atom is -0.489 e. The van der Waals surface area contributed by atoms with Crippen LogP contribution in [0.4, 0.5) is 0 Å². The molecule has 28 heavy (non-hydrogen) atoms. The zero-order valence-corrected chi connectivity index (χ0v) is 15.6. The molecule has 138 valence electrons. The van der Waals surface area contributed by atoms with Crippen LogP contribution in [0.15, 0.2) is 94.2 Å². The lowest BCUT2D eigenvalue weighted by Gasteiger charge is -2.11. The van der Waals surface area contributed by atoms with Crippen molar-refractivity contribution in [3.8, 4) is 16.9 Å². The van der Waals surface area contributed by atoms with E-state index in [9.17, 15) is 4.79 Å². The summed E-state index contributed by atoms with van der Waals surface area (Å²) in [5, 5.41) is 0.899. The fourth-order valence-electron chi connectivity index (χ4n) is 3.24. The molecule has 0 saturated carbocycles. The van der Waals surface area contributed by atoms with Crippen LogP contribution in [0.2, 0.25) is 0 Å². The molecule has 3 aromatic carbocycles. The molecule has 4 rings (SSSR count). The lowest BCUT2D eigenvalue weighted by Crippen LogP contribution is -2.01. The van der Waals surface area contributed by atoms with Crippen LogP contribution in [0.3, 0.4) is 0 Å². The molecule has 0 N–H and O–H groups in total. The van der Waals surface area contributed by atoms with Gasteiger partial charge in [-0.05, 0) is 41.8 Å². The van der Waals surface area contributed by atoms with Crippen LogP contribution in [-0.2, 0) is 0 Å². The molecule has 0 unspecified atom stereocenters. The average molecular weight is 368 g/mol. The molecule has 0 aliphatic carbocycles. The van der Waals surface area contributed by atoms with E-state index in [0.29, 0.717) is 17.9 Å². The van der Waals surface area contributed by atoms with Crippen molar-refractivity contribution in [1.82, 2.24) is 0 Å². The number of aryl methyl sites for hydroxylation is 1. The van der Waals surface area contributed by atoms with Crippen LogP contribution < -0.4 is 10.4 Å². The van der Waals surface area contributed by atoms with Crippen molar-refractivity contribution in [2.75, 3.05) is 6.61 Å². The fourth-order valence-corrected chi connectivity index (χ4v) is 3.24. The smallest absolute Gasteiger partial charge is 0.336 e. The predicted molar refractivity (Wildman–Crippen MR) is 114 cm³/mol. The van der Waals surface area contributed by atoms with E-state index in [-0.39, 0.29) is 5.63 Å². The maximum absolute atomic E-state index is 12.1. The topological polar surface area (TPSA) is 39.4 Å². The molecule has 0 aliphatic rings. The van der Waals surface area contributed by atoms with Crippen molar-refractivity contribution < 1.29 is 9.15 Å². The van der Waals surface area contributed by atoms with Gasteiger partial charge in [0.15, 0.2) is 0 Å². The van der Waals surface area contributed by atoms with Crippen LogP contribution in [0.5, 0.6) is 5.75 Å². The van der Waals surface area contributed by atoms with Crippen molar-refractivity contribution in [2.45, 2.75) is 6.92 Å². The predicted octanol–water partition coefficient (Wildman–Crippen LogP) is 5.86. The number of rotatable bonds is 5. The van der Waals surface area contributed by atoms with E-state index in [2.05, 4.69) is 0 Å². The molecular formula is C25H20O3. The summed E-state index contributed by atoms with van der Waals surface area (Å²) in [4.78, 5) is 12.1. The van der Waals surface area contributed by atoms with Crippen molar-refractivity contribution in [3.05, 3.63) is 106 Å². The SMILES string of the molecule is Cc1c(OCC=Cc2ccccc2)ccc2c(-c3ccccc3)cc(=O)oc12. The zero-order valence-electron chi connectivity index (χ0n) is 15.6. The maximum Gasteiger partial charge on any atom is 0.336 e. The quantitative estimate of drug-likeness (QED) is 0.414. The van der Waals surface area contributed by atoms with Crippen LogP contribution >= 0.6 is 0 Å². The number of hydrogen-bond acceptors (Lipinski definition) is 3. The third-order valence-corrected chi connectivity index (χ3v) is 4.64. The first-order chi connectivity index (χ1) is 13.7. The minimum atomic E-state index is -0.365. The van der Waals surface area contributed by atoms with E-state index in [4.69, 9.17) is 9.15 Å². The highest BCUT2D eigenvalue weighted by Crippen LogP contribution is 2.33. The first-order valence-corrected chi connectivity index (χ1v) is 9.19. The Morgan fingerprint density at radius 1 is 0.929 bits per heavy atom. The Balaban J connectivity index is 1.64. The molecule has 0 bridgehead atoms. The van der Waals surface area contributed by atoms with Gasteiger partial charge in [0.05, 0.1) is 0 Å². The molecule has 3 nitrogen and oxygen atoms in total. The second kappa shape index (κ2) is 7.97. The van der Waals surface area contributed by atoms with Gasteiger partial charge in [-0.25, -0.2) is 4.79 Å². The van der Waals surface area contributed by atoms with Gasteiger partial charge in [0.25, 0.3) is 0 Å². The highest BCUT2D eigenvalue weighted by atomic mass is 16.5. The van der Waals surface area contributed by atoms with Crippen LogP contribution in [0, 0.1) is 6.92 Å². The van der Waals surface area contributed by atoms with Gasteiger partial charge in [0.2, 0.25) is 0 Å². The Morgan fingerprint density at radius 3 is 2.39 bits per heavy atom. The lowest BCUT2D eigenvalue weighted by molar-refractivity contribution is 0.360. The third-order valence-electron chi connectivity index (χ3n) is 4.64. The highest BCUT2D eigenvalue weighted by molar-refractivity contribution is 5.95. The average Bonchev–Trinajstić information content (AvgIpc) is 2.74. The zero-order chi connectivity index (χ0) is 19.3. The van der Waals surface area contributed by atoms with Crippen molar-refractivity contribution >= 4 is 17.0 Å². The van der Waals surface area contributed by atoms with Crippen molar-refractivity contribution in [1.29, 1.82) is 0 Å². The summed E-state index contributed by atoms with van der Waals surface area (Å²) in [5.41, 5.74) is 4.00. The maximum atomic E-state index is 12.1. The molecule has 0 atom stereocenters. The normalized spacial score (nSPS) is 11.2. The second-order valence-corrected chi connectivity index (χ2v) is 6.53. The van der Waals surface area contributed by atoms with E-state index >= 15 is 0 Å². The van der Waals surface area contributed by atoms with Gasteiger partial charge >= 0.3 is 5.63 Å². The monoisotopic (exact) mass is 368 g/mol. The Morgan fingerprint density at radius 2 is 1.64 bits per heavy atom. The highest BCUT2D eigenvalue weighted by Gasteiger charge is 2.12. The summed E-state index contributed by atoms with van der Waals surface area (Å²) in [6.07, 6.45) is 3.99. The molecule has 0 saturated heterocycles. The summed E-state index contributed by atoms with van der Waals surface area (Å²) in [6, 6.07) is 25.3. The molecule has 0 aliphatic heterocycles. The van der Waals surface area contributed by atoms with Gasteiger partial charge in [-0.15, -0.1) is 0 Å². The molecule has 0 radical (unpaired) electrons. The van der Waals surface area contributed by atoms with Gasteiger partial charge in [0.1, 0.15) is 17.9 Å². The summed E-state index contributed by atoms with van der Waals surface area (Å²) in [7, 11) is 0. The van der Waals surface area contributed by atoms with Crippen LogP contribution in [0.1, 0.15) is 11.1 Å². The van der Waals surface area contributed by atoms with Crippen molar-refractivity contribution in [3.63, 3.8) is 0 Å². The van der Waals surface area contributed by atoms with Gasteiger partial charge in [-0.3, -0.25) is 0 Å². The van der Waals surface area contributed by atoms with Gasteiger partial charge < -0.3 is 9.15 Å². The summed E-state index contributed by atoms with van der Waals surface area (Å²) >= 11 is 0. The van der Waals surface area contributed by atoms with Crippen molar-refractivity contribution in [2.24, 2.45) is 0 Å². The standard InChI is InChI=1S/C25H20O3/c1-18-23(27-16-8-11-19-9-4-2-5-10-19)15-14-21-22(17-24(26)28-25(18)21)20-12-6-3-7-13-20/h2-15,17H,16H2,1H3. The van der Waals surface area contributed by atoms with Gasteiger partial charge in [-0.1, -0.05) is 66.7 Å². The molecule has 0 fully saturated rings. The first kappa shape index (κ1) is 17.8. The number of hydrogen-bond donors (Lipinski definition) is 0. The van der Waals surface area contributed by atoms with E-state index in [1.54, 1.807) is 6.07 Å². The summed E-state index contributed by atoms with van der Waals surface area (Å²) in [6.45, 7) is 2.35. The molecule has 4 aromatic rings. The lowest BCUT2D eigenvalue weighted by atomic mass is 10.0. The molecule has 3 heteroatoms. The third kappa shape index (κ3) is 3.74. The molecule has 1 aromatic heterocycles. The fraction of sp³-hybridized carbons (Fsp3) is 0.0800. The minimum absolute atomic E-state index is 0.365. The van der Waals surface area contributed by atoms with Gasteiger partial charge in [0, 0.05) is 17.0 Å². The molecule has 0 spiro atoms. The van der Waals surface area contributed by atoms with E-state index in [1.807, 2.05) is 91.9 Å². The number of ether oxygens (including phenoxy) is 1. The Kier molecular flexibility index (Phi) is 5.07. The molecule has 1 heterocycles. The van der Waals surface area contributed by atoms with Crippen LogP contribution in [0.25, 0.3) is 28.2 Å². The van der Waals surface area contributed by atoms with Gasteiger partial charge in [-0.2, -0.15) is 0 Å².